The molecule has 0 saturated carbocycles. The van der Waals surface area contributed by atoms with Crippen molar-refractivity contribution in [2.75, 3.05) is 0 Å². The Morgan fingerprint density at radius 3 is 2.12 bits per heavy atom. The van der Waals surface area contributed by atoms with Gasteiger partial charge in [-0.15, -0.1) is 0 Å². The lowest BCUT2D eigenvalue weighted by Crippen LogP contribution is -2.12. The number of rotatable bonds is 5. The van der Waals surface area contributed by atoms with Crippen LogP contribution in [0.3, 0.4) is 0 Å². The molecule has 0 aliphatic rings. The van der Waals surface area contributed by atoms with E-state index in [-0.39, 0.29) is 6.10 Å². The highest BCUT2D eigenvalue weighted by atomic mass is 16.5. The number of hydrogen-bond donors (Lipinski definition) is 0. The molecule has 2 rings (SSSR count). The standard InChI is InChI=1S/C16H18O/c1-14(17-16-10-6-3-7-11-16)12-13-15-8-4-2-5-9-15/h2-11,14H,12-13H2,1H3. The van der Waals surface area contributed by atoms with Crippen molar-refractivity contribution in [2.24, 2.45) is 0 Å². The van der Waals surface area contributed by atoms with Gasteiger partial charge in [-0.25, -0.2) is 0 Å². The lowest BCUT2D eigenvalue weighted by molar-refractivity contribution is 0.211. The number of benzene rings is 2. The second-order valence-corrected chi connectivity index (χ2v) is 4.27. The summed E-state index contributed by atoms with van der Waals surface area (Å²) in [5, 5.41) is 0. The molecule has 0 aromatic heterocycles. The average Bonchev–Trinajstić information content (AvgIpc) is 2.39. The first-order chi connectivity index (χ1) is 8.34. The van der Waals surface area contributed by atoms with Crippen molar-refractivity contribution < 1.29 is 4.74 Å². The summed E-state index contributed by atoms with van der Waals surface area (Å²) in [5.41, 5.74) is 1.37. The fraction of sp³-hybridized carbons (Fsp3) is 0.250. The van der Waals surface area contributed by atoms with E-state index in [2.05, 4.69) is 31.2 Å². The van der Waals surface area contributed by atoms with Crippen molar-refractivity contribution in [1.29, 1.82) is 0 Å². The van der Waals surface area contributed by atoms with Gasteiger partial charge in [0.25, 0.3) is 0 Å². The van der Waals surface area contributed by atoms with E-state index in [0.717, 1.165) is 18.6 Å². The van der Waals surface area contributed by atoms with Crippen molar-refractivity contribution >= 4 is 0 Å². The Morgan fingerprint density at radius 2 is 1.47 bits per heavy atom. The fourth-order valence-electron chi connectivity index (χ4n) is 1.80. The maximum absolute atomic E-state index is 5.84. The van der Waals surface area contributed by atoms with Gasteiger partial charge in [0.2, 0.25) is 0 Å². The van der Waals surface area contributed by atoms with Crippen molar-refractivity contribution in [1.82, 2.24) is 0 Å². The third-order valence-electron chi connectivity index (χ3n) is 2.76. The van der Waals surface area contributed by atoms with E-state index in [1.807, 2.05) is 36.4 Å². The normalized spacial score (nSPS) is 12.1. The molecule has 1 unspecified atom stereocenters. The van der Waals surface area contributed by atoms with E-state index in [9.17, 15) is 0 Å². The number of hydrogen-bond acceptors (Lipinski definition) is 1. The van der Waals surface area contributed by atoms with Crippen LogP contribution in [0.25, 0.3) is 0 Å². The third kappa shape index (κ3) is 3.95. The molecule has 2 aromatic carbocycles. The molecule has 1 nitrogen and oxygen atoms in total. The Bertz CT molecular complexity index is 422. The van der Waals surface area contributed by atoms with Gasteiger partial charge in [0.15, 0.2) is 0 Å². The van der Waals surface area contributed by atoms with Crippen LogP contribution in [0, 0.1) is 0 Å². The van der Waals surface area contributed by atoms with Crippen LogP contribution < -0.4 is 4.74 Å². The van der Waals surface area contributed by atoms with Gasteiger partial charge in [-0.3, -0.25) is 0 Å². The maximum atomic E-state index is 5.84. The molecule has 2 aromatic rings. The third-order valence-corrected chi connectivity index (χ3v) is 2.76. The lowest BCUT2D eigenvalue weighted by Gasteiger charge is -2.14. The minimum absolute atomic E-state index is 0.248. The highest BCUT2D eigenvalue weighted by Crippen LogP contribution is 2.13. The molecule has 0 saturated heterocycles. The molecule has 0 aliphatic carbocycles. The van der Waals surface area contributed by atoms with E-state index in [0.29, 0.717) is 0 Å². The predicted molar refractivity (Wildman–Crippen MR) is 71.3 cm³/mol. The summed E-state index contributed by atoms with van der Waals surface area (Å²) in [6.07, 6.45) is 2.35. The zero-order valence-electron chi connectivity index (χ0n) is 10.2. The molecule has 0 N–H and O–H groups in total. The van der Waals surface area contributed by atoms with Crippen molar-refractivity contribution in [3.63, 3.8) is 0 Å². The molecule has 1 heteroatoms. The van der Waals surface area contributed by atoms with E-state index < -0.39 is 0 Å². The quantitative estimate of drug-likeness (QED) is 0.746. The second kappa shape index (κ2) is 6.09. The van der Waals surface area contributed by atoms with Crippen LogP contribution in [0.1, 0.15) is 18.9 Å². The predicted octanol–water partition coefficient (Wildman–Crippen LogP) is 4.09. The Morgan fingerprint density at radius 1 is 0.882 bits per heavy atom. The SMILES string of the molecule is CC(CCc1ccccc1)Oc1ccccc1. The smallest absolute Gasteiger partial charge is 0.119 e. The molecule has 0 radical (unpaired) electrons. The Balaban J connectivity index is 1.80. The zero-order valence-corrected chi connectivity index (χ0v) is 10.2. The van der Waals surface area contributed by atoms with Gasteiger partial charge in [0.05, 0.1) is 6.10 Å². The van der Waals surface area contributed by atoms with E-state index >= 15 is 0 Å². The van der Waals surface area contributed by atoms with Crippen molar-refractivity contribution in [3.05, 3.63) is 66.2 Å². The average molecular weight is 226 g/mol. The van der Waals surface area contributed by atoms with Gasteiger partial charge in [0, 0.05) is 0 Å². The highest BCUT2D eigenvalue weighted by molar-refractivity contribution is 5.21. The number of aryl methyl sites for hydroxylation is 1. The summed E-state index contributed by atoms with van der Waals surface area (Å²) >= 11 is 0. The molecule has 88 valence electrons. The van der Waals surface area contributed by atoms with Crippen LogP contribution in [0.4, 0.5) is 0 Å². The number of para-hydroxylation sites is 1. The summed E-state index contributed by atoms with van der Waals surface area (Å²) in [6.45, 7) is 2.12. The Kier molecular flexibility index (Phi) is 4.20. The summed E-state index contributed by atoms with van der Waals surface area (Å²) in [5.74, 6) is 0.952. The lowest BCUT2D eigenvalue weighted by atomic mass is 10.1. The van der Waals surface area contributed by atoms with Crippen LogP contribution >= 0.6 is 0 Å². The molecule has 0 spiro atoms. The summed E-state index contributed by atoms with van der Waals surface area (Å²) in [7, 11) is 0. The minimum Gasteiger partial charge on any atom is -0.491 e. The first-order valence-electron chi connectivity index (χ1n) is 6.10. The molecule has 1 atom stereocenters. The molecule has 0 fully saturated rings. The van der Waals surface area contributed by atoms with Gasteiger partial charge in [-0.05, 0) is 37.5 Å². The van der Waals surface area contributed by atoms with Gasteiger partial charge >= 0.3 is 0 Å². The van der Waals surface area contributed by atoms with Gasteiger partial charge < -0.3 is 4.74 Å². The fourth-order valence-corrected chi connectivity index (χ4v) is 1.80. The first kappa shape index (κ1) is 11.7. The van der Waals surface area contributed by atoms with Crippen molar-refractivity contribution in [2.45, 2.75) is 25.9 Å². The summed E-state index contributed by atoms with van der Waals surface area (Å²) in [4.78, 5) is 0. The molecule has 0 amide bonds. The molecule has 17 heavy (non-hydrogen) atoms. The molecule has 0 bridgehead atoms. The summed E-state index contributed by atoms with van der Waals surface area (Å²) < 4.78 is 5.84. The van der Waals surface area contributed by atoms with Gasteiger partial charge in [-0.1, -0.05) is 48.5 Å². The second-order valence-electron chi connectivity index (χ2n) is 4.27. The van der Waals surface area contributed by atoms with Gasteiger partial charge in [0.1, 0.15) is 5.75 Å². The van der Waals surface area contributed by atoms with Crippen LogP contribution in [-0.4, -0.2) is 6.10 Å². The minimum atomic E-state index is 0.248. The molecular weight excluding hydrogens is 208 g/mol. The highest BCUT2D eigenvalue weighted by Gasteiger charge is 2.03. The Hall–Kier alpha value is -1.76. The van der Waals surface area contributed by atoms with Crippen LogP contribution in [0.2, 0.25) is 0 Å². The zero-order chi connectivity index (χ0) is 11.9. The number of ether oxygens (including phenoxy) is 1. The van der Waals surface area contributed by atoms with E-state index in [1.165, 1.54) is 5.56 Å². The van der Waals surface area contributed by atoms with Gasteiger partial charge in [-0.2, -0.15) is 0 Å². The van der Waals surface area contributed by atoms with Crippen LogP contribution in [0.5, 0.6) is 5.75 Å². The van der Waals surface area contributed by atoms with Crippen LogP contribution in [0.15, 0.2) is 60.7 Å². The molecular formula is C16H18O. The Labute approximate surface area is 103 Å². The van der Waals surface area contributed by atoms with E-state index in [4.69, 9.17) is 4.74 Å². The maximum Gasteiger partial charge on any atom is 0.119 e. The first-order valence-corrected chi connectivity index (χ1v) is 6.10. The topological polar surface area (TPSA) is 9.23 Å². The largest absolute Gasteiger partial charge is 0.491 e. The monoisotopic (exact) mass is 226 g/mol. The molecule has 0 aliphatic heterocycles. The summed E-state index contributed by atoms with van der Waals surface area (Å²) in [6, 6.07) is 20.5. The van der Waals surface area contributed by atoms with Crippen molar-refractivity contribution in [3.8, 4) is 5.75 Å². The molecule has 0 heterocycles. The van der Waals surface area contributed by atoms with E-state index in [1.54, 1.807) is 0 Å². The van der Waals surface area contributed by atoms with Crippen LogP contribution in [-0.2, 0) is 6.42 Å².